The lowest BCUT2D eigenvalue weighted by molar-refractivity contribution is -0.131. The molecule has 0 saturated carbocycles. The number of carbonyl (C=O) groups is 2. The second-order valence-corrected chi connectivity index (χ2v) is 8.39. The van der Waals surface area contributed by atoms with Gasteiger partial charge in [-0.3, -0.25) is 9.59 Å². The van der Waals surface area contributed by atoms with E-state index in [0.29, 0.717) is 12.2 Å². The first kappa shape index (κ1) is 33.7. The minimum absolute atomic E-state index is 0.238. The van der Waals surface area contributed by atoms with E-state index in [1.165, 1.54) is 18.1 Å². The van der Waals surface area contributed by atoms with Crippen molar-refractivity contribution in [3.8, 4) is 22.9 Å². The number of nitriles is 1. The summed E-state index contributed by atoms with van der Waals surface area (Å²) < 4.78 is 10.4. The van der Waals surface area contributed by atoms with Crippen LogP contribution in [0.25, 0.3) is 11.1 Å². The van der Waals surface area contributed by atoms with E-state index in [4.69, 9.17) is 14.7 Å². The van der Waals surface area contributed by atoms with Crippen molar-refractivity contribution in [2.24, 2.45) is 0 Å². The van der Waals surface area contributed by atoms with Crippen molar-refractivity contribution in [1.82, 2.24) is 10.6 Å². The fourth-order valence-corrected chi connectivity index (χ4v) is 3.01. The monoisotopic (exact) mass is 527 g/mol. The van der Waals surface area contributed by atoms with Crippen LogP contribution in [0.5, 0.6) is 5.75 Å². The molecule has 37 heavy (non-hydrogen) atoms. The Morgan fingerprint density at radius 1 is 1.22 bits per heavy atom. The lowest BCUT2D eigenvalue weighted by Gasteiger charge is -2.08. The smallest absolute Gasteiger partial charge is 0.308 e. The van der Waals surface area contributed by atoms with Gasteiger partial charge in [-0.05, 0) is 60.9 Å². The molecule has 2 aromatic carbocycles. The normalized spacial score (nSPS) is 12.4. The lowest BCUT2D eigenvalue weighted by atomic mass is 10.0. The molecule has 0 bridgehead atoms. The van der Waals surface area contributed by atoms with Crippen LogP contribution in [0.4, 0.5) is 0 Å². The third kappa shape index (κ3) is 15.4. The van der Waals surface area contributed by atoms with Crippen LogP contribution in [0, 0.1) is 25.2 Å². The first-order valence-electron chi connectivity index (χ1n) is 12.4. The molecule has 202 valence electrons. The highest BCUT2D eigenvalue weighted by Crippen LogP contribution is 2.26. The van der Waals surface area contributed by atoms with Crippen LogP contribution < -0.4 is 15.4 Å². The summed E-state index contributed by atoms with van der Waals surface area (Å²) in [6, 6.07) is 16.1. The van der Waals surface area contributed by atoms with E-state index in [2.05, 4.69) is 67.6 Å². The van der Waals surface area contributed by atoms with Crippen molar-refractivity contribution >= 4 is 25.0 Å². The van der Waals surface area contributed by atoms with Crippen molar-refractivity contribution in [2.75, 3.05) is 19.8 Å². The Kier molecular flexibility index (Phi) is 19.0. The summed E-state index contributed by atoms with van der Waals surface area (Å²) in [6.07, 6.45) is 3.91. The van der Waals surface area contributed by atoms with Gasteiger partial charge in [-0.1, -0.05) is 56.7 Å². The lowest BCUT2D eigenvalue weighted by Crippen LogP contribution is -2.20. The quantitative estimate of drug-likeness (QED) is 0.146. The molecule has 1 heterocycles. The van der Waals surface area contributed by atoms with Gasteiger partial charge in [-0.15, -0.1) is 0 Å². The Morgan fingerprint density at radius 2 is 1.86 bits per heavy atom. The first-order valence-corrected chi connectivity index (χ1v) is 12.9. The molecule has 0 aliphatic carbocycles. The van der Waals surface area contributed by atoms with E-state index < -0.39 is 0 Å². The molecule has 8 heteroatoms. The van der Waals surface area contributed by atoms with E-state index in [1.807, 2.05) is 45.0 Å². The first-order chi connectivity index (χ1) is 17.8. The van der Waals surface area contributed by atoms with Crippen molar-refractivity contribution < 1.29 is 19.1 Å². The number of ether oxygens (including phenoxy) is 2. The molecule has 1 aliphatic rings. The molecule has 3 rings (SSSR count). The zero-order chi connectivity index (χ0) is 28.1. The Balaban J connectivity index is 0.000000573. The number of hydrogen-bond donors (Lipinski definition) is 3. The van der Waals surface area contributed by atoms with E-state index in [0.717, 1.165) is 42.9 Å². The van der Waals surface area contributed by atoms with Gasteiger partial charge in [-0.2, -0.15) is 17.9 Å². The Hall–Kier alpha value is -3.28. The van der Waals surface area contributed by atoms with Gasteiger partial charge >= 0.3 is 5.97 Å². The average molecular weight is 528 g/mol. The van der Waals surface area contributed by atoms with Crippen LogP contribution in [0.15, 0.2) is 54.2 Å². The number of esters is 1. The number of rotatable bonds is 6. The molecule has 7 nitrogen and oxygen atoms in total. The molecule has 1 unspecified atom stereocenters. The second kappa shape index (κ2) is 20.9. The minimum atomic E-state index is -0.322. The van der Waals surface area contributed by atoms with Gasteiger partial charge in [0.05, 0.1) is 31.1 Å². The highest BCUT2D eigenvalue weighted by molar-refractivity contribution is 7.80. The van der Waals surface area contributed by atoms with E-state index in [1.54, 1.807) is 0 Å². The van der Waals surface area contributed by atoms with Gasteiger partial charge in [0.25, 0.3) is 0 Å². The summed E-state index contributed by atoms with van der Waals surface area (Å²) in [6.45, 7) is 14.2. The molecule has 1 atom stereocenters. The van der Waals surface area contributed by atoms with Gasteiger partial charge in [0.15, 0.2) is 0 Å². The number of carbonyl (C=O) groups excluding carboxylic acids is 2. The summed E-state index contributed by atoms with van der Waals surface area (Å²) in [5, 5.41) is 13.2. The standard InChI is InChI=1S/C16H16O2.C7H13NO.C4H6N2OS.C2H6/c1-11-4-6-14(7-5-11)15-8-9-16(12(2)10-15)18-13(3)17;1-2-7-5-8-3-4-9-6-7;5-2-1-4(8)6-3-7;1-2/h4-10H,1-3H3;5,8H,2-4,6H2,1H3;3-4,8H,1H2,(H,6,7);1-2H3. The van der Waals surface area contributed by atoms with Crippen molar-refractivity contribution in [2.45, 2.75) is 59.8 Å². The Morgan fingerprint density at radius 3 is 2.41 bits per heavy atom. The maximum Gasteiger partial charge on any atom is 0.308 e. The third-order valence-electron chi connectivity index (χ3n) is 4.80. The van der Waals surface area contributed by atoms with Crippen molar-refractivity contribution in [3.05, 3.63) is 65.4 Å². The zero-order valence-electron chi connectivity index (χ0n) is 22.8. The van der Waals surface area contributed by atoms with Gasteiger partial charge in [0.2, 0.25) is 6.41 Å². The fraction of sp³-hybridized carbons (Fsp3) is 0.414. The summed E-state index contributed by atoms with van der Waals surface area (Å²) in [5.41, 5.74) is 5.85. The number of aryl methyl sites for hydroxylation is 2. The van der Waals surface area contributed by atoms with Gasteiger partial charge in [0, 0.05) is 13.5 Å². The molecule has 0 saturated heterocycles. The number of nitrogens with one attached hydrogen (secondary N) is 2. The highest BCUT2D eigenvalue weighted by Gasteiger charge is 2.05. The number of thiol groups is 1. The van der Waals surface area contributed by atoms with Crippen LogP contribution in [0.3, 0.4) is 0 Å². The van der Waals surface area contributed by atoms with Crippen LogP contribution in [-0.2, 0) is 14.3 Å². The Labute approximate surface area is 227 Å². The predicted molar refractivity (Wildman–Crippen MR) is 153 cm³/mol. The molecule has 0 fully saturated rings. The molecule has 0 radical (unpaired) electrons. The van der Waals surface area contributed by atoms with Gasteiger partial charge in [-0.25, -0.2) is 0 Å². The summed E-state index contributed by atoms with van der Waals surface area (Å²) in [4.78, 5) is 20.6. The predicted octanol–water partition coefficient (Wildman–Crippen LogP) is 5.72. The number of nitrogens with zero attached hydrogens (tertiary/aromatic N) is 1. The summed E-state index contributed by atoms with van der Waals surface area (Å²) >= 11 is 3.83. The van der Waals surface area contributed by atoms with Gasteiger partial charge < -0.3 is 20.1 Å². The van der Waals surface area contributed by atoms with Crippen LogP contribution in [-0.4, -0.2) is 37.5 Å². The molecule has 1 amide bonds. The topological polar surface area (TPSA) is 100 Å². The zero-order valence-corrected chi connectivity index (χ0v) is 23.7. The molecule has 2 N–H and O–H groups in total. The third-order valence-corrected chi connectivity index (χ3v) is 5.13. The molecule has 0 spiro atoms. The summed E-state index contributed by atoms with van der Waals surface area (Å²) in [5.74, 6) is 0.333. The molecule has 2 aromatic rings. The Bertz CT molecular complexity index is 1000. The summed E-state index contributed by atoms with van der Waals surface area (Å²) in [7, 11) is 0. The van der Waals surface area contributed by atoms with Crippen molar-refractivity contribution in [3.63, 3.8) is 0 Å². The fourth-order valence-electron chi connectivity index (χ4n) is 2.86. The maximum absolute atomic E-state index is 10.9. The molecule has 1 aliphatic heterocycles. The van der Waals surface area contributed by atoms with Crippen LogP contribution >= 0.6 is 12.6 Å². The SMILES string of the molecule is CC.CC(=O)Oc1ccc(-c2ccc(C)cc2)cc1C.CCC1=CNCCOC1.N#CCC(S)NC=O. The van der Waals surface area contributed by atoms with Crippen LogP contribution in [0.2, 0.25) is 0 Å². The number of hydrogen-bond acceptors (Lipinski definition) is 7. The maximum atomic E-state index is 10.9. The van der Waals surface area contributed by atoms with E-state index in [9.17, 15) is 9.59 Å². The molecule has 0 aromatic heterocycles. The highest BCUT2D eigenvalue weighted by atomic mass is 32.1. The average Bonchev–Trinajstić information content (AvgIpc) is 3.17. The van der Waals surface area contributed by atoms with Crippen LogP contribution in [0.1, 0.15) is 51.7 Å². The number of benzene rings is 2. The van der Waals surface area contributed by atoms with E-state index >= 15 is 0 Å². The number of amides is 1. The van der Waals surface area contributed by atoms with Crippen molar-refractivity contribution in [1.29, 1.82) is 5.26 Å². The molecular formula is C29H41N3O4S. The largest absolute Gasteiger partial charge is 0.426 e. The van der Waals surface area contributed by atoms with Gasteiger partial charge in [0.1, 0.15) is 5.75 Å². The van der Waals surface area contributed by atoms with E-state index in [-0.39, 0.29) is 17.8 Å². The minimum Gasteiger partial charge on any atom is -0.426 e. The molecular weight excluding hydrogens is 486 g/mol. The second-order valence-electron chi connectivity index (χ2n) is 7.77.